The molecular weight excluding hydrogens is 272 g/mol. The first-order valence-corrected chi connectivity index (χ1v) is 7.72. The highest BCUT2D eigenvalue weighted by atomic mass is 32.2. The lowest BCUT2D eigenvalue weighted by molar-refractivity contribution is 0.483. The Balaban J connectivity index is 0. The number of rotatable bonds is 4. The van der Waals surface area contributed by atoms with E-state index in [4.69, 9.17) is 9.11 Å². The minimum Gasteiger partial charge on any atom is -0.286 e. The highest BCUT2D eigenvalue weighted by Crippen LogP contribution is 1.82. The van der Waals surface area contributed by atoms with Gasteiger partial charge in [0.2, 0.25) is 0 Å². The fourth-order valence-corrected chi connectivity index (χ4v) is 2.08. The Hall–Kier alpha value is 0.520. The Morgan fingerprint density at radius 1 is 0.786 bits per heavy atom. The first kappa shape index (κ1) is 16.9. The zero-order valence-corrected chi connectivity index (χ0v) is 10.5. The molecule has 0 saturated carbocycles. The molecule has 0 aromatic rings. The molecule has 0 fully saturated rings. The van der Waals surface area contributed by atoms with Crippen molar-refractivity contribution in [3.8, 4) is 0 Å². The molecule has 0 atom stereocenters. The van der Waals surface area contributed by atoms with Gasteiger partial charge >= 0.3 is 0 Å². The van der Waals surface area contributed by atoms with Crippen LogP contribution in [0.15, 0.2) is 0 Å². The Bertz CT molecular complexity index is 282. The van der Waals surface area contributed by atoms with E-state index in [1.54, 1.807) is 0 Å². The first-order valence-electron chi connectivity index (χ1n) is 3.24. The van der Waals surface area contributed by atoms with Crippen LogP contribution in [0.2, 0.25) is 0 Å². The molecule has 0 bridgehead atoms. The summed E-state index contributed by atoms with van der Waals surface area (Å²) < 4.78 is 54.8. The van der Waals surface area contributed by atoms with E-state index in [0.29, 0.717) is 0 Å². The number of thiol groups is 2. The molecule has 14 heavy (non-hydrogen) atoms. The van der Waals surface area contributed by atoms with Crippen molar-refractivity contribution in [1.82, 2.24) is 0 Å². The van der Waals surface area contributed by atoms with Crippen LogP contribution in [-0.4, -0.2) is 49.0 Å². The highest BCUT2D eigenvalue weighted by Gasteiger charge is 1.99. The molecule has 0 radical (unpaired) electrons. The first-order chi connectivity index (χ1) is 6.12. The SMILES string of the molecule is O=S(=O)(O)CCS.O=S(=O)(O)CCS. The Morgan fingerprint density at radius 2 is 1.00 bits per heavy atom. The molecule has 0 saturated heterocycles. The van der Waals surface area contributed by atoms with Crippen molar-refractivity contribution < 1.29 is 25.9 Å². The van der Waals surface area contributed by atoms with Crippen LogP contribution in [0.3, 0.4) is 0 Å². The zero-order chi connectivity index (χ0) is 11.8. The molecule has 88 valence electrons. The third-order valence-corrected chi connectivity index (χ3v) is 3.19. The van der Waals surface area contributed by atoms with E-state index in [-0.39, 0.29) is 23.0 Å². The van der Waals surface area contributed by atoms with Gasteiger partial charge in [0.1, 0.15) is 0 Å². The third kappa shape index (κ3) is 22.9. The minimum atomic E-state index is -3.75. The Morgan fingerprint density at radius 3 is 1.00 bits per heavy atom. The van der Waals surface area contributed by atoms with Crippen molar-refractivity contribution in [3.05, 3.63) is 0 Å². The molecule has 0 spiro atoms. The summed E-state index contributed by atoms with van der Waals surface area (Å²) >= 11 is 7.15. The molecular formula is C4H12O6S4. The van der Waals surface area contributed by atoms with Gasteiger partial charge in [-0.15, -0.1) is 0 Å². The summed E-state index contributed by atoms with van der Waals surface area (Å²) in [5.74, 6) is -0.204. The van der Waals surface area contributed by atoms with Crippen LogP contribution in [0, 0.1) is 0 Å². The summed E-state index contributed by atoms with van der Waals surface area (Å²) in [5, 5.41) is 0. The van der Waals surface area contributed by atoms with Crippen molar-refractivity contribution in [2.75, 3.05) is 23.0 Å². The lowest BCUT2D eigenvalue weighted by Crippen LogP contribution is -2.03. The molecule has 0 aliphatic carbocycles. The van der Waals surface area contributed by atoms with Gasteiger partial charge in [0.05, 0.1) is 11.5 Å². The van der Waals surface area contributed by atoms with Crippen molar-refractivity contribution in [1.29, 1.82) is 0 Å². The smallest absolute Gasteiger partial charge is 0.265 e. The largest absolute Gasteiger partial charge is 0.286 e. The van der Waals surface area contributed by atoms with Crippen LogP contribution in [0.25, 0.3) is 0 Å². The maximum absolute atomic E-state index is 9.74. The third-order valence-electron chi connectivity index (χ3n) is 0.698. The maximum atomic E-state index is 9.74. The van der Waals surface area contributed by atoms with E-state index in [1.807, 2.05) is 0 Å². The fourth-order valence-electron chi connectivity index (χ4n) is 0.231. The van der Waals surface area contributed by atoms with Gasteiger partial charge in [-0.25, -0.2) is 0 Å². The molecule has 10 heteroatoms. The van der Waals surface area contributed by atoms with Crippen LogP contribution < -0.4 is 0 Å². The maximum Gasteiger partial charge on any atom is 0.265 e. The second kappa shape index (κ2) is 7.77. The molecule has 0 amide bonds. The van der Waals surface area contributed by atoms with E-state index in [2.05, 4.69) is 25.3 Å². The van der Waals surface area contributed by atoms with Gasteiger partial charge in [-0.05, 0) is 0 Å². The number of hydrogen-bond donors (Lipinski definition) is 4. The lowest BCUT2D eigenvalue weighted by Gasteiger charge is -1.85. The second-order valence-corrected chi connectivity index (χ2v) is 6.06. The predicted molar refractivity (Wildman–Crippen MR) is 60.5 cm³/mol. The van der Waals surface area contributed by atoms with E-state index in [1.165, 1.54) is 0 Å². The molecule has 0 aliphatic rings. The Labute approximate surface area is 94.4 Å². The fraction of sp³-hybridized carbons (Fsp3) is 1.00. The molecule has 0 aromatic carbocycles. The highest BCUT2D eigenvalue weighted by molar-refractivity contribution is 7.88. The average molecular weight is 284 g/mol. The van der Waals surface area contributed by atoms with E-state index in [0.717, 1.165) is 0 Å². The van der Waals surface area contributed by atoms with Crippen molar-refractivity contribution in [2.24, 2.45) is 0 Å². The van der Waals surface area contributed by atoms with Crippen molar-refractivity contribution in [2.45, 2.75) is 0 Å². The van der Waals surface area contributed by atoms with E-state index < -0.39 is 20.2 Å². The quantitative estimate of drug-likeness (QED) is 0.413. The van der Waals surface area contributed by atoms with E-state index >= 15 is 0 Å². The van der Waals surface area contributed by atoms with Gasteiger partial charge in [0.15, 0.2) is 0 Å². The summed E-state index contributed by atoms with van der Waals surface area (Å²) in [7, 11) is -7.50. The van der Waals surface area contributed by atoms with Crippen LogP contribution in [0.1, 0.15) is 0 Å². The standard InChI is InChI=1S/2C2H6O3S2/c2*3-7(4,5)2-1-6/h2*6H,1-2H2,(H,3,4,5). The topological polar surface area (TPSA) is 109 Å². The summed E-state index contributed by atoms with van der Waals surface area (Å²) in [6.45, 7) is 0. The Kier molecular flexibility index (Phi) is 9.39. The van der Waals surface area contributed by atoms with Crippen LogP contribution in [0.5, 0.6) is 0 Å². The van der Waals surface area contributed by atoms with Gasteiger partial charge in [0.25, 0.3) is 20.2 Å². The second-order valence-electron chi connectivity index (χ2n) is 2.02. The van der Waals surface area contributed by atoms with Gasteiger partial charge in [-0.2, -0.15) is 42.1 Å². The van der Waals surface area contributed by atoms with Crippen LogP contribution in [0.4, 0.5) is 0 Å². The van der Waals surface area contributed by atoms with Gasteiger partial charge in [0, 0.05) is 11.5 Å². The summed E-state index contributed by atoms with van der Waals surface area (Å²) in [5.41, 5.74) is 0. The predicted octanol–water partition coefficient (Wildman–Crippen LogP) is -0.392. The van der Waals surface area contributed by atoms with Gasteiger partial charge < -0.3 is 0 Å². The molecule has 0 aromatic heterocycles. The van der Waals surface area contributed by atoms with Gasteiger partial charge in [-0.3, -0.25) is 9.11 Å². The summed E-state index contributed by atoms with van der Waals surface area (Å²) in [6.07, 6.45) is 0. The zero-order valence-electron chi connectivity index (χ0n) is 7.07. The average Bonchev–Trinajstić information content (AvgIpc) is 1.81. The van der Waals surface area contributed by atoms with E-state index in [9.17, 15) is 16.8 Å². The molecule has 0 heterocycles. The van der Waals surface area contributed by atoms with Crippen LogP contribution in [-0.2, 0) is 20.2 Å². The van der Waals surface area contributed by atoms with Crippen molar-refractivity contribution >= 4 is 45.5 Å². The molecule has 2 N–H and O–H groups in total. The number of hydrogen-bond acceptors (Lipinski definition) is 6. The normalized spacial score (nSPS) is 11.7. The minimum absolute atomic E-state index is 0.166. The van der Waals surface area contributed by atoms with Crippen molar-refractivity contribution in [3.63, 3.8) is 0 Å². The summed E-state index contributed by atoms with van der Waals surface area (Å²) in [6, 6.07) is 0. The monoisotopic (exact) mass is 284 g/mol. The molecule has 0 aliphatic heterocycles. The molecule has 6 nitrogen and oxygen atoms in total. The molecule has 0 unspecified atom stereocenters. The van der Waals surface area contributed by atoms with Crippen LogP contribution >= 0.6 is 25.3 Å². The van der Waals surface area contributed by atoms with Gasteiger partial charge in [-0.1, -0.05) is 0 Å². The lowest BCUT2D eigenvalue weighted by atomic mass is 11.0. The summed E-state index contributed by atoms with van der Waals surface area (Å²) in [4.78, 5) is 0. The molecule has 0 rings (SSSR count).